The van der Waals surface area contributed by atoms with Crippen molar-refractivity contribution in [3.8, 4) is 23.0 Å². The maximum absolute atomic E-state index is 13.5. The number of ether oxygens (including phenoxy) is 3. The molecule has 1 aliphatic rings. The molecule has 300 valence electrons. The Balaban J connectivity index is 1.14. The molecule has 1 fully saturated rings. The van der Waals surface area contributed by atoms with Crippen LogP contribution in [0.25, 0.3) is 10.8 Å². The van der Waals surface area contributed by atoms with E-state index in [1.165, 1.54) is 20.5 Å². The number of aromatic nitrogens is 1. The van der Waals surface area contributed by atoms with Crippen molar-refractivity contribution in [1.29, 1.82) is 0 Å². The van der Waals surface area contributed by atoms with Gasteiger partial charge in [0.1, 0.15) is 34.1 Å². The van der Waals surface area contributed by atoms with Crippen LogP contribution in [0.4, 0.5) is 33.4 Å². The number of rotatable bonds is 14. The van der Waals surface area contributed by atoms with Crippen molar-refractivity contribution in [3.63, 3.8) is 0 Å². The molecule has 1 aromatic heterocycles. The molecule has 6 N–H and O–H groups in total. The van der Waals surface area contributed by atoms with Crippen LogP contribution in [-0.2, 0) is 16.4 Å². The molecule has 1 atom stereocenters. The number of amides is 3. The van der Waals surface area contributed by atoms with Gasteiger partial charge in [0.25, 0.3) is 5.91 Å². The highest BCUT2D eigenvalue weighted by Crippen LogP contribution is 2.40. The number of nitrogens with zero attached hydrogens (tertiary/aromatic N) is 2. The Kier molecular flexibility index (Phi) is 13.1. The summed E-state index contributed by atoms with van der Waals surface area (Å²) in [7, 11) is 1.68. The fourth-order valence-electron chi connectivity index (χ4n) is 6.48. The summed E-state index contributed by atoms with van der Waals surface area (Å²) in [6, 6.07) is 23.3. The summed E-state index contributed by atoms with van der Waals surface area (Å²) in [6.07, 6.45) is 3.17. The monoisotopic (exact) mass is 794 g/mol. The summed E-state index contributed by atoms with van der Waals surface area (Å²) in [5, 5.41) is 17.1. The maximum atomic E-state index is 13.5. The van der Waals surface area contributed by atoms with Crippen molar-refractivity contribution in [2.45, 2.75) is 26.2 Å². The molecule has 6 rings (SSSR count). The number of piperazine rings is 1. The molecule has 0 aliphatic carbocycles. The number of nitrogens with one attached hydrogen (secondary N) is 6. The number of urea groups is 1. The van der Waals surface area contributed by atoms with Crippen LogP contribution >= 0.6 is 0 Å². The van der Waals surface area contributed by atoms with E-state index in [4.69, 9.17) is 14.2 Å². The second-order valence-electron chi connectivity index (χ2n) is 14.5. The summed E-state index contributed by atoms with van der Waals surface area (Å²) in [5.41, 5.74) is 3.30. The molecule has 3 amide bonds. The van der Waals surface area contributed by atoms with E-state index in [0.29, 0.717) is 63.7 Å². The molecule has 1 unspecified atom stereocenters. The summed E-state index contributed by atoms with van der Waals surface area (Å²) in [5.74, 6) is 2.24. The van der Waals surface area contributed by atoms with Gasteiger partial charge in [-0.2, -0.15) is 0 Å². The van der Waals surface area contributed by atoms with Crippen molar-refractivity contribution in [1.82, 2.24) is 20.5 Å². The quantitative estimate of drug-likeness (QED) is 0.0685. The first-order valence-electron chi connectivity index (χ1n) is 18.6. The van der Waals surface area contributed by atoms with E-state index in [1.54, 1.807) is 48.7 Å². The van der Waals surface area contributed by atoms with Gasteiger partial charge in [-0.05, 0) is 53.4 Å². The molecule has 0 spiro atoms. The normalized spacial score (nSPS) is 13.6. The summed E-state index contributed by atoms with van der Waals surface area (Å²) < 4.78 is 32.6. The lowest BCUT2D eigenvalue weighted by molar-refractivity contribution is 0.0944. The Labute approximate surface area is 335 Å². The number of anilines is 5. The van der Waals surface area contributed by atoms with Crippen molar-refractivity contribution < 1.29 is 28.0 Å². The molecular weight excluding hydrogens is 745 g/mol. The van der Waals surface area contributed by atoms with Crippen LogP contribution in [-0.4, -0.2) is 85.8 Å². The van der Waals surface area contributed by atoms with Gasteiger partial charge in [-0.25, -0.2) is 14.0 Å². The third-order valence-corrected chi connectivity index (χ3v) is 9.90. The number of hydrogen-bond donors (Lipinski definition) is 6. The maximum Gasteiger partial charge on any atom is 0.323 e. The van der Waals surface area contributed by atoms with Crippen molar-refractivity contribution in [2.24, 2.45) is 0 Å². The van der Waals surface area contributed by atoms with Crippen LogP contribution in [0.5, 0.6) is 23.0 Å². The van der Waals surface area contributed by atoms with Gasteiger partial charge < -0.3 is 45.5 Å². The largest absolute Gasteiger partial charge is 0.496 e. The zero-order chi connectivity index (χ0) is 40.5. The van der Waals surface area contributed by atoms with Gasteiger partial charge in [0, 0.05) is 80.3 Å². The van der Waals surface area contributed by atoms with E-state index in [-0.39, 0.29) is 11.3 Å². The van der Waals surface area contributed by atoms with Gasteiger partial charge in [0.15, 0.2) is 5.75 Å². The SMILES string of the molecule is COc1cc(Nc2cc(Oc3ccc(NC(=O)Nc4cc(C(C)(C)C)cc(NS(C)=O)c4OC)c4ccccc34)ccn2)ccc1C(=O)NCCN1CCNCC1. The highest BCUT2D eigenvalue weighted by molar-refractivity contribution is 7.85. The average Bonchev–Trinajstić information content (AvgIpc) is 3.18. The molecule has 57 heavy (non-hydrogen) atoms. The second-order valence-corrected chi connectivity index (χ2v) is 15.6. The number of carbonyl (C=O) groups is 2. The Morgan fingerprint density at radius 3 is 2.32 bits per heavy atom. The molecule has 0 radical (unpaired) electrons. The van der Waals surface area contributed by atoms with E-state index < -0.39 is 17.0 Å². The molecule has 4 aromatic carbocycles. The standard InChI is InChI=1S/C42H50N8O6S/c1-42(2,3)27-23-34(39(55-5)35(24-27)49-57(6)53)48-41(52)47-33-13-14-36(31-10-8-7-9-30(31)33)56-29-15-16-44-38(26-29)46-28-11-12-32(37(25-28)54-4)40(51)45-19-22-50-20-17-43-18-21-50/h7-16,23-26,43,49H,17-22H2,1-6H3,(H,44,46)(H,45,51)(H2,47,48,52). The third kappa shape index (κ3) is 10.5. The van der Waals surface area contributed by atoms with Gasteiger partial charge in [0.2, 0.25) is 0 Å². The van der Waals surface area contributed by atoms with E-state index in [1.807, 2.05) is 36.4 Å². The highest BCUT2D eigenvalue weighted by Gasteiger charge is 2.22. The number of benzene rings is 4. The Hall–Kier alpha value is -5.90. The second kappa shape index (κ2) is 18.4. The van der Waals surface area contributed by atoms with Gasteiger partial charge >= 0.3 is 6.03 Å². The lowest BCUT2D eigenvalue weighted by Crippen LogP contribution is -2.46. The fraction of sp³-hybridized carbons (Fsp3) is 0.310. The molecule has 15 heteroatoms. The topological polar surface area (TPSA) is 167 Å². The van der Waals surface area contributed by atoms with Gasteiger partial charge in [-0.15, -0.1) is 0 Å². The number of pyridine rings is 1. The summed E-state index contributed by atoms with van der Waals surface area (Å²) in [4.78, 5) is 33.3. The Morgan fingerprint density at radius 2 is 1.60 bits per heavy atom. The van der Waals surface area contributed by atoms with E-state index in [0.717, 1.165) is 49.1 Å². The predicted molar refractivity (Wildman–Crippen MR) is 228 cm³/mol. The van der Waals surface area contributed by atoms with E-state index >= 15 is 0 Å². The van der Waals surface area contributed by atoms with Crippen molar-refractivity contribution in [2.75, 3.05) is 80.4 Å². The average molecular weight is 795 g/mol. The van der Waals surface area contributed by atoms with Gasteiger partial charge in [-0.1, -0.05) is 45.0 Å². The molecule has 5 aromatic rings. The first-order valence-corrected chi connectivity index (χ1v) is 20.2. The van der Waals surface area contributed by atoms with Crippen LogP contribution in [0.1, 0.15) is 36.7 Å². The minimum absolute atomic E-state index is 0.194. The summed E-state index contributed by atoms with van der Waals surface area (Å²) in [6.45, 7) is 11.4. The Morgan fingerprint density at radius 1 is 0.860 bits per heavy atom. The predicted octanol–water partition coefficient (Wildman–Crippen LogP) is 7.07. The Bertz CT molecular complexity index is 2260. The van der Waals surface area contributed by atoms with Crippen LogP contribution < -0.4 is 45.5 Å². The number of fused-ring (bicyclic) bond motifs is 1. The zero-order valence-electron chi connectivity index (χ0n) is 33.1. The van der Waals surface area contributed by atoms with Crippen LogP contribution in [0.15, 0.2) is 85.1 Å². The van der Waals surface area contributed by atoms with Crippen LogP contribution in [0.2, 0.25) is 0 Å². The molecule has 0 bridgehead atoms. The molecule has 0 saturated carbocycles. The third-order valence-electron chi connectivity index (χ3n) is 9.39. The molecule has 14 nitrogen and oxygen atoms in total. The van der Waals surface area contributed by atoms with Crippen LogP contribution in [0.3, 0.4) is 0 Å². The highest BCUT2D eigenvalue weighted by atomic mass is 32.2. The first-order chi connectivity index (χ1) is 27.4. The molecule has 2 heterocycles. The van der Waals surface area contributed by atoms with E-state index in [9.17, 15) is 13.8 Å². The van der Waals surface area contributed by atoms with E-state index in [2.05, 4.69) is 62.0 Å². The summed E-state index contributed by atoms with van der Waals surface area (Å²) >= 11 is 0. The number of hydrogen-bond acceptors (Lipinski definition) is 10. The lowest BCUT2D eigenvalue weighted by atomic mass is 9.86. The molecule has 1 saturated heterocycles. The zero-order valence-corrected chi connectivity index (χ0v) is 33.9. The number of carbonyl (C=O) groups excluding carboxylic acids is 2. The minimum atomic E-state index is -1.36. The first kappa shape index (κ1) is 40.8. The van der Waals surface area contributed by atoms with Gasteiger partial charge in [0.05, 0.1) is 36.8 Å². The molecule has 1 aliphatic heterocycles. The smallest absolute Gasteiger partial charge is 0.323 e. The van der Waals surface area contributed by atoms with Gasteiger partial charge in [-0.3, -0.25) is 9.69 Å². The fourth-order valence-corrected chi connectivity index (χ4v) is 6.94. The number of methoxy groups -OCH3 is 2. The van der Waals surface area contributed by atoms with Crippen LogP contribution in [0, 0.1) is 0 Å². The van der Waals surface area contributed by atoms with Crippen molar-refractivity contribution in [3.05, 3.63) is 96.2 Å². The lowest BCUT2D eigenvalue weighted by Gasteiger charge is -2.27. The molecular formula is C42H50N8O6S. The van der Waals surface area contributed by atoms with Crippen molar-refractivity contribution >= 4 is 62.3 Å². The minimum Gasteiger partial charge on any atom is -0.496 e.